The number of hydrogen-bond donors (Lipinski definition) is 1. The van der Waals surface area contributed by atoms with Gasteiger partial charge in [-0.3, -0.25) is 4.21 Å². The first-order valence-corrected chi connectivity index (χ1v) is 8.37. The molecule has 19 heavy (non-hydrogen) atoms. The minimum Gasteiger partial charge on any atom is -0.497 e. The number of fused-ring (bicyclic) bond motifs is 3. The van der Waals surface area contributed by atoms with Gasteiger partial charge in [0.25, 0.3) is 0 Å². The van der Waals surface area contributed by atoms with Gasteiger partial charge < -0.3 is 10.1 Å². The Morgan fingerprint density at radius 3 is 3.00 bits per heavy atom. The van der Waals surface area contributed by atoms with E-state index in [2.05, 4.69) is 24.4 Å². The fourth-order valence-corrected chi connectivity index (χ4v) is 4.99. The molecular formula is C15H21NO2S. The second-order valence-corrected chi connectivity index (χ2v) is 7.34. The van der Waals surface area contributed by atoms with Crippen LogP contribution in [0.3, 0.4) is 0 Å². The largest absolute Gasteiger partial charge is 0.497 e. The lowest BCUT2D eigenvalue weighted by Crippen LogP contribution is -2.39. The van der Waals surface area contributed by atoms with Crippen LogP contribution in [0.4, 0.5) is 0 Å². The molecule has 4 atom stereocenters. The first-order valence-electron chi connectivity index (χ1n) is 6.99. The summed E-state index contributed by atoms with van der Waals surface area (Å²) in [4.78, 5) is 0. The van der Waals surface area contributed by atoms with Crippen molar-refractivity contribution in [3.8, 4) is 5.75 Å². The van der Waals surface area contributed by atoms with E-state index < -0.39 is 10.8 Å². The van der Waals surface area contributed by atoms with Crippen molar-refractivity contribution in [1.82, 2.24) is 5.32 Å². The summed E-state index contributed by atoms with van der Waals surface area (Å²) in [6, 6.07) is 6.95. The number of methoxy groups -OCH3 is 1. The van der Waals surface area contributed by atoms with Gasteiger partial charge in [-0.2, -0.15) is 0 Å². The van der Waals surface area contributed by atoms with E-state index in [0.717, 1.165) is 30.8 Å². The molecule has 1 heterocycles. The number of aryl methyl sites for hydroxylation is 1. The van der Waals surface area contributed by atoms with Crippen molar-refractivity contribution in [1.29, 1.82) is 0 Å². The van der Waals surface area contributed by atoms with Crippen LogP contribution in [0.1, 0.15) is 36.9 Å². The van der Waals surface area contributed by atoms with Gasteiger partial charge in [0.15, 0.2) is 0 Å². The molecule has 0 aromatic heterocycles. The van der Waals surface area contributed by atoms with Gasteiger partial charge in [-0.15, -0.1) is 0 Å². The molecule has 0 bridgehead atoms. The topological polar surface area (TPSA) is 38.3 Å². The first-order chi connectivity index (χ1) is 9.19. The molecule has 3 nitrogen and oxygen atoms in total. The summed E-state index contributed by atoms with van der Waals surface area (Å²) in [5.74, 6) is 1.72. The van der Waals surface area contributed by atoms with E-state index in [9.17, 15) is 4.21 Å². The molecule has 0 spiro atoms. The summed E-state index contributed by atoms with van der Waals surface area (Å²) in [6.45, 7) is 2.19. The predicted octanol–water partition coefficient (Wildman–Crippen LogP) is 2.18. The third kappa shape index (κ3) is 2.43. The molecular weight excluding hydrogens is 258 g/mol. The van der Waals surface area contributed by atoms with E-state index in [1.165, 1.54) is 11.1 Å². The maximum atomic E-state index is 12.4. The van der Waals surface area contributed by atoms with E-state index in [4.69, 9.17) is 4.74 Å². The number of nitrogens with one attached hydrogen (secondary N) is 1. The Balaban J connectivity index is 2.02. The van der Waals surface area contributed by atoms with Crippen molar-refractivity contribution in [3.05, 3.63) is 29.3 Å². The molecule has 4 heteroatoms. The minimum atomic E-state index is -0.714. The molecule has 3 rings (SSSR count). The summed E-state index contributed by atoms with van der Waals surface area (Å²) in [5.41, 5.74) is 2.67. The summed E-state index contributed by atoms with van der Waals surface area (Å²) < 4.78 is 17.7. The zero-order valence-corrected chi connectivity index (χ0v) is 12.3. The van der Waals surface area contributed by atoms with Gasteiger partial charge in [0, 0.05) is 28.6 Å². The predicted molar refractivity (Wildman–Crippen MR) is 78.1 cm³/mol. The molecule has 1 saturated heterocycles. The van der Waals surface area contributed by atoms with Crippen LogP contribution in [0.25, 0.3) is 0 Å². The quantitative estimate of drug-likeness (QED) is 0.856. The number of hydrogen-bond acceptors (Lipinski definition) is 3. The molecule has 1 N–H and O–H groups in total. The molecule has 0 saturated carbocycles. The Bertz CT molecular complexity index is 503. The lowest BCUT2D eigenvalue weighted by Gasteiger charge is -2.33. The third-order valence-electron chi connectivity index (χ3n) is 4.31. The normalized spacial score (nSPS) is 34.0. The Morgan fingerprint density at radius 2 is 2.21 bits per heavy atom. The highest BCUT2D eigenvalue weighted by molar-refractivity contribution is 7.85. The van der Waals surface area contributed by atoms with Gasteiger partial charge in [-0.05, 0) is 49.4 Å². The summed E-state index contributed by atoms with van der Waals surface area (Å²) in [7, 11) is 0.984. The number of ether oxygens (including phenoxy) is 1. The minimum absolute atomic E-state index is 0.220. The van der Waals surface area contributed by atoms with Crippen LogP contribution in [-0.2, 0) is 17.2 Å². The van der Waals surface area contributed by atoms with Gasteiger partial charge in [0.1, 0.15) is 5.75 Å². The maximum Gasteiger partial charge on any atom is 0.119 e. The smallest absolute Gasteiger partial charge is 0.119 e. The SMILES string of the molecule is COc1ccc2c(c1)C1NC(C)CCS(=O)C1CC2. The molecule has 2 aliphatic rings. The van der Waals surface area contributed by atoms with Gasteiger partial charge in [0.05, 0.1) is 12.4 Å². The lowest BCUT2D eigenvalue weighted by molar-refractivity contribution is 0.401. The van der Waals surface area contributed by atoms with E-state index in [-0.39, 0.29) is 11.3 Å². The van der Waals surface area contributed by atoms with E-state index >= 15 is 0 Å². The summed E-state index contributed by atoms with van der Waals surface area (Å²) in [5, 5.41) is 3.92. The highest BCUT2D eigenvalue weighted by Gasteiger charge is 2.36. The van der Waals surface area contributed by atoms with Gasteiger partial charge in [0.2, 0.25) is 0 Å². The van der Waals surface area contributed by atoms with Crippen molar-refractivity contribution >= 4 is 10.8 Å². The molecule has 1 fully saturated rings. The molecule has 1 aromatic rings. The molecule has 0 amide bonds. The van der Waals surface area contributed by atoms with Crippen LogP contribution >= 0.6 is 0 Å². The Labute approximate surface area is 117 Å². The molecule has 1 aliphatic carbocycles. The molecule has 0 radical (unpaired) electrons. The Morgan fingerprint density at radius 1 is 1.37 bits per heavy atom. The van der Waals surface area contributed by atoms with Crippen LogP contribution < -0.4 is 10.1 Å². The van der Waals surface area contributed by atoms with Crippen molar-refractivity contribution in [2.75, 3.05) is 12.9 Å². The van der Waals surface area contributed by atoms with Crippen molar-refractivity contribution < 1.29 is 8.95 Å². The van der Waals surface area contributed by atoms with Crippen molar-refractivity contribution in [2.45, 2.75) is 43.5 Å². The molecule has 1 aromatic carbocycles. The maximum absolute atomic E-state index is 12.4. The van der Waals surface area contributed by atoms with Gasteiger partial charge in [-0.25, -0.2) is 0 Å². The zero-order valence-electron chi connectivity index (χ0n) is 11.5. The van der Waals surface area contributed by atoms with E-state index in [1.54, 1.807) is 7.11 Å². The first kappa shape index (κ1) is 13.1. The summed E-state index contributed by atoms with van der Waals surface area (Å²) in [6.07, 6.45) is 3.05. The Kier molecular flexibility index (Phi) is 3.63. The second kappa shape index (κ2) is 5.25. The van der Waals surface area contributed by atoms with Crippen molar-refractivity contribution in [3.63, 3.8) is 0 Å². The van der Waals surface area contributed by atoms with Crippen LogP contribution in [0, 0.1) is 0 Å². The van der Waals surface area contributed by atoms with Crippen LogP contribution in [0.15, 0.2) is 18.2 Å². The fraction of sp³-hybridized carbons (Fsp3) is 0.600. The summed E-state index contributed by atoms with van der Waals surface area (Å²) >= 11 is 0. The fourth-order valence-electron chi connectivity index (χ4n) is 3.20. The van der Waals surface area contributed by atoms with Gasteiger partial charge in [-0.1, -0.05) is 6.07 Å². The number of rotatable bonds is 1. The Hall–Kier alpha value is -0.870. The van der Waals surface area contributed by atoms with E-state index in [0.29, 0.717) is 6.04 Å². The van der Waals surface area contributed by atoms with E-state index in [1.807, 2.05) is 6.07 Å². The lowest BCUT2D eigenvalue weighted by atomic mass is 9.86. The number of benzene rings is 1. The van der Waals surface area contributed by atoms with Crippen LogP contribution in [-0.4, -0.2) is 28.4 Å². The standard InChI is InChI=1S/C15H21NO2S/c1-10-7-8-19(17)14-6-4-11-3-5-12(18-2)9-13(11)15(14)16-10/h3,5,9-10,14-16H,4,6-8H2,1-2H3. The molecule has 104 valence electrons. The van der Waals surface area contributed by atoms with Gasteiger partial charge >= 0.3 is 0 Å². The second-order valence-electron chi connectivity index (χ2n) is 5.56. The highest BCUT2D eigenvalue weighted by atomic mass is 32.2. The van der Waals surface area contributed by atoms with Crippen LogP contribution in [0.2, 0.25) is 0 Å². The monoisotopic (exact) mass is 279 g/mol. The zero-order chi connectivity index (χ0) is 13.4. The average Bonchev–Trinajstić information content (AvgIpc) is 2.58. The highest BCUT2D eigenvalue weighted by Crippen LogP contribution is 2.37. The molecule has 4 unspecified atom stereocenters. The third-order valence-corrected chi connectivity index (χ3v) is 6.13. The molecule has 1 aliphatic heterocycles. The average molecular weight is 279 g/mol. The van der Waals surface area contributed by atoms with Crippen LogP contribution in [0.5, 0.6) is 5.75 Å². The van der Waals surface area contributed by atoms with Crippen molar-refractivity contribution in [2.24, 2.45) is 0 Å².